The number of fused-ring (bicyclic) bond motifs is 4. The predicted molar refractivity (Wildman–Crippen MR) is 206 cm³/mol. The number of rotatable bonds is 5. The molecule has 3 nitrogen and oxygen atoms in total. The second kappa shape index (κ2) is 11.5. The molecule has 1 aliphatic rings. The quantitative estimate of drug-likeness (QED) is 0.189. The van der Waals surface area contributed by atoms with Crippen molar-refractivity contribution in [1.82, 2.24) is 15.0 Å². The van der Waals surface area contributed by atoms with Gasteiger partial charge in [-0.3, -0.25) is 0 Å². The summed E-state index contributed by atoms with van der Waals surface area (Å²) in [5, 5.41) is 5.04. The van der Waals surface area contributed by atoms with Gasteiger partial charge in [0.1, 0.15) is 0 Å². The Labute approximate surface area is 290 Å². The number of nitrogens with zero attached hydrogens (tertiary/aromatic N) is 3. The van der Waals surface area contributed by atoms with Gasteiger partial charge in [0.25, 0.3) is 0 Å². The first-order valence-electron chi connectivity index (χ1n) is 16.9. The molecule has 1 aromatic heterocycles. The minimum Gasteiger partial charge on any atom is -0.208 e. The Kier molecular flexibility index (Phi) is 6.49. The van der Waals surface area contributed by atoms with E-state index in [1.165, 1.54) is 60.5 Å². The maximum absolute atomic E-state index is 4.96. The summed E-state index contributed by atoms with van der Waals surface area (Å²) in [7, 11) is 0. The van der Waals surface area contributed by atoms with Gasteiger partial charge in [-0.2, -0.15) is 0 Å². The summed E-state index contributed by atoms with van der Waals surface area (Å²) in [5.41, 5.74) is 12.8. The number of hydrogen-bond acceptors (Lipinski definition) is 3. The summed E-state index contributed by atoms with van der Waals surface area (Å²) in [4.78, 5) is 14.8. The van der Waals surface area contributed by atoms with Crippen molar-refractivity contribution in [2.75, 3.05) is 0 Å². The van der Waals surface area contributed by atoms with Crippen LogP contribution in [0.1, 0.15) is 0 Å². The molecule has 0 saturated heterocycles. The zero-order chi connectivity index (χ0) is 33.0. The highest BCUT2D eigenvalue weighted by molar-refractivity contribution is 6.17. The van der Waals surface area contributed by atoms with Gasteiger partial charge in [0.2, 0.25) is 0 Å². The lowest BCUT2D eigenvalue weighted by Crippen LogP contribution is -2.00. The molecule has 8 aromatic carbocycles. The molecule has 0 atom stereocenters. The van der Waals surface area contributed by atoms with Crippen molar-refractivity contribution in [3.05, 3.63) is 176 Å². The molecule has 0 N–H and O–H groups in total. The molecule has 9 aromatic rings. The van der Waals surface area contributed by atoms with Crippen LogP contribution in [0.2, 0.25) is 0 Å². The molecule has 0 saturated carbocycles. The van der Waals surface area contributed by atoms with E-state index in [0.29, 0.717) is 17.5 Å². The van der Waals surface area contributed by atoms with Crippen LogP contribution >= 0.6 is 0 Å². The molecule has 1 heterocycles. The molecule has 50 heavy (non-hydrogen) atoms. The van der Waals surface area contributed by atoms with Crippen LogP contribution in [0.15, 0.2) is 176 Å². The Morgan fingerprint density at radius 2 is 0.680 bits per heavy atom. The van der Waals surface area contributed by atoms with E-state index >= 15 is 0 Å². The third kappa shape index (κ3) is 4.71. The largest absolute Gasteiger partial charge is 0.208 e. The molecular formula is C47H29N3. The molecule has 0 unspecified atom stereocenters. The smallest absolute Gasteiger partial charge is 0.164 e. The van der Waals surface area contributed by atoms with Crippen LogP contribution in [0.3, 0.4) is 0 Å². The van der Waals surface area contributed by atoms with Gasteiger partial charge in [0.05, 0.1) is 0 Å². The van der Waals surface area contributed by atoms with E-state index in [4.69, 9.17) is 15.0 Å². The monoisotopic (exact) mass is 635 g/mol. The highest BCUT2D eigenvalue weighted by atomic mass is 15.0. The standard InChI is InChI=1S/C47H29N3/c1-3-12-31(13-4-1)45-48-46(32-14-5-2-6-15-32)50-47(49-45)33-24-22-30(23-25-33)41-27-34-16-7-8-17-35(34)28-42(41)37-26-36-18-11-21-40-38-19-9-10-20-39(38)43(29-37)44(36)40/h1-29H. The first-order chi connectivity index (χ1) is 24.8. The molecule has 1 aliphatic carbocycles. The van der Waals surface area contributed by atoms with Gasteiger partial charge in [-0.15, -0.1) is 0 Å². The van der Waals surface area contributed by atoms with Crippen molar-refractivity contribution >= 4 is 21.5 Å². The van der Waals surface area contributed by atoms with Crippen LogP contribution in [0.4, 0.5) is 0 Å². The van der Waals surface area contributed by atoms with Crippen molar-refractivity contribution in [1.29, 1.82) is 0 Å². The SMILES string of the molecule is c1ccc(-c2nc(-c3ccccc3)nc(-c3ccc(-c4cc5ccccc5cc4-c4cc5c6c(cccc6c4)-c4ccccc4-5)cc3)n2)cc1. The number of aromatic nitrogens is 3. The minimum atomic E-state index is 0.648. The van der Waals surface area contributed by atoms with Crippen molar-refractivity contribution in [2.45, 2.75) is 0 Å². The normalized spacial score (nSPS) is 11.6. The third-order valence-corrected chi connectivity index (χ3v) is 9.83. The predicted octanol–water partition coefficient (Wildman–Crippen LogP) is 12.2. The number of hydrogen-bond donors (Lipinski definition) is 0. The summed E-state index contributed by atoms with van der Waals surface area (Å²) in [6, 6.07) is 62.4. The fourth-order valence-electron chi connectivity index (χ4n) is 7.43. The Balaban J connectivity index is 1.12. The van der Waals surface area contributed by atoms with E-state index in [9.17, 15) is 0 Å². The molecule has 0 aliphatic heterocycles. The molecule has 0 amide bonds. The summed E-state index contributed by atoms with van der Waals surface area (Å²) < 4.78 is 0. The zero-order valence-electron chi connectivity index (χ0n) is 27.1. The third-order valence-electron chi connectivity index (χ3n) is 9.83. The lowest BCUT2D eigenvalue weighted by molar-refractivity contribution is 1.07. The molecule has 3 heteroatoms. The Morgan fingerprint density at radius 3 is 1.28 bits per heavy atom. The van der Waals surface area contributed by atoms with E-state index in [1.807, 2.05) is 60.7 Å². The van der Waals surface area contributed by atoms with Gasteiger partial charge < -0.3 is 0 Å². The summed E-state index contributed by atoms with van der Waals surface area (Å²) >= 11 is 0. The Morgan fingerprint density at radius 1 is 0.240 bits per heavy atom. The van der Waals surface area contributed by atoms with Crippen LogP contribution in [0.25, 0.3) is 100 Å². The van der Waals surface area contributed by atoms with Crippen molar-refractivity contribution in [2.24, 2.45) is 0 Å². The summed E-state index contributed by atoms with van der Waals surface area (Å²) in [6.07, 6.45) is 0. The average Bonchev–Trinajstić information content (AvgIpc) is 3.52. The van der Waals surface area contributed by atoms with Gasteiger partial charge in [0, 0.05) is 16.7 Å². The van der Waals surface area contributed by atoms with Crippen molar-refractivity contribution < 1.29 is 0 Å². The molecule has 232 valence electrons. The zero-order valence-corrected chi connectivity index (χ0v) is 27.1. The highest BCUT2D eigenvalue weighted by Gasteiger charge is 2.22. The van der Waals surface area contributed by atoms with Gasteiger partial charge >= 0.3 is 0 Å². The van der Waals surface area contributed by atoms with E-state index in [-0.39, 0.29) is 0 Å². The second-order valence-corrected chi connectivity index (χ2v) is 12.8. The fourth-order valence-corrected chi connectivity index (χ4v) is 7.43. The fraction of sp³-hybridized carbons (Fsp3) is 0. The molecule has 0 bridgehead atoms. The van der Waals surface area contributed by atoms with Gasteiger partial charge in [-0.1, -0.05) is 152 Å². The van der Waals surface area contributed by atoms with E-state index in [2.05, 4.69) is 115 Å². The van der Waals surface area contributed by atoms with Gasteiger partial charge in [-0.05, 0) is 90.3 Å². The highest BCUT2D eigenvalue weighted by Crippen LogP contribution is 2.49. The lowest BCUT2D eigenvalue weighted by Gasteiger charge is -2.15. The minimum absolute atomic E-state index is 0.648. The molecule has 0 spiro atoms. The summed E-state index contributed by atoms with van der Waals surface area (Å²) in [6.45, 7) is 0. The van der Waals surface area contributed by atoms with Crippen molar-refractivity contribution in [3.63, 3.8) is 0 Å². The van der Waals surface area contributed by atoms with Crippen LogP contribution in [0.5, 0.6) is 0 Å². The topological polar surface area (TPSA) is 38.7 Å². The van der Waals surface area contributed by atoms with Crippen LogP contribution in [-0.2, 0) is 0 Å². The maximum atomic E-state index is 4.96. The summed E-state index contributed by atoms with van der Waals surface area (Å²) in [5.74, 6) is 1.96. The molecule has 0 radical (unpaired) electrons. The first kappa shape index (κ1) is 28.3. The number of benzene rings is 8. The second-order valence-electron chi connectivity index (χ2n) is 12.8. The lowest BCUT2D eigenvalue weighted by atomic mass is 9.89. The Bertz CT molecular complexity index is 2680. The first-order valence-corrected chi connectivity index (χ1v) is 16.9. The Hall–Kier alpha value is -6.71. The molecular weight excluding hydrogens is 607 g/mol. The van der Waals surface area contributed by atoms with E-state index in [0.717, 1.165) is 22.3 Å². The van der Waals surface area contributed by atoms with Gasteiger partial charge in [0.15, 0.2) is 17.5 Å². The van der Waals surface area contributed by atoms with Crippen molar-refractivity contribution in [3.8, 4) is 78.7 Å². The molecule has 0 fully saturated rings. The average molecular weight is 636 g/mol. The van der Waals surface area contributed by atoms with E-state index in [1.54, 1.807) is 0 Å². The van der Waals surface area contributed by atoms with Gasteiger partial charge in [-0.25, -0.2) is 15.0 Å². The van der Waals surface area contributed by atoms with Crippen LogP contribution < -0.4 is 0 Å². The maximum Gasteiger partial charge on any atom is 0.164 e. The molecule has 10 rings (SSSR count). The van der Waals surface area contributed by atoms with Crippen LogP contribution in [0, 0.1) is 0 Å². The van der Waals surface area contributed by atoms with Crippen LogP contribution in [-0.4, -0.2) is 15.0 Å². The van der Waals surface area contributed by atoms with E-state index < -0.39 is 0 Å².